The second-order valence-electron chi connectivity index (χ2n) is 5.81. The molecular weight excluding hydrogens is 300 g/mol. The molecule has 0 saturated heterocycles. The van der Waals surface area contributed by atoms with Crippen LogP contribution in [0, 0.1) is 6.92 Å². The summed E-state index contributed by atoms with van der Waals surface area (Å²) in [5, 5.41) is 8.50. The fraction of sp³-hybridized carbons (Fsp3) is 0.500. The number of nitrogens with zero attached hydrogens (tertiary/aromatic N) is 1. The van der Waals surface area contributed by atoms with Gasteiger partial charge in [0.05, 0.1) is 11.5 Å². The van der Waals surface area contributed by atoms with Gasteiger partial charge in [0.25, 0.3) is 0 Å². The largest absolute Gasteiger partial charge is 0.344 e. The Balaban J connectivity index is 1.81. The van der Waals surface area contributed by atoms with Gasteiger partial charge in [-0.15, -0.1) is 22.7 Å². The van der Waals surface area contributed by atoms with E-state index in [9.17, 15) is 4.79 Å². The third kappa shape index (κ3) is 2.90. The number of aryl methyl sites for hydroxylation is 1. The molecule has 0 bridgehead atoms. The van der Waals surface area contributed by atoms with Crippen molar-refractivity contribution < 1.29 is 4.79 Å². The van der Waals surface area contributed by atoms with E-state index in [4.69, 9.17) is 0 Å². The first-order valence-corrected chi connectivity index (χ1v) is 9.15. The highest BCUT2D eigenvalue weighted by Gasteiger charge is 2.40. The lowest BCUT2D eigenvalue weighted by Crippen LogP contribution is -2.45. The molecule has 0 aliphatic heterocycles. The Bertz CT molecular complexity index is 612. The predicted octanol–water partition coefficient (Wildman–Crippen LogP) is 4.20. The van der Waals surface area contributed by atoms with Crippen molar-refractivity contribution in [2.75, 3.05) is 0 Å². The molecule has 1 N–H and O–H groups in total. The van der Waals surface area contributed by atoms with Crippen LogP contribution in [0.2, 0.25) is 0 Å². The van der Waals surface area contributed by atoms with Gasteiger partial charge in [-0.25, -0.2) is 4.98 Å². The molecule has 0 aromatic carbocycles. The Labute approximate surface area is 133 Å². The number of carbonyl (C=O) groups excluding carboxylic acids is 1. The number of aromatic nitrogens is 1. The summed E-state index contributed by atoms with van der Waals surface area (Å²) in [6.45, 7) is 4.00. The van der Waals surface area contributed by atoms with Gasteiger partial charge in [-0.2, -0.15) is 0 Å². The summed E-state index contributed by atoms with van der Waals surface area (Å²) < 4.78 is 0. The molecule has 2 aromatic heterocycles. The van der Waals surface area contributed by atoms with Gasteiger partial charge in [0.2, 0.25) is 5.91 Å². The lowest BCUT2D eigenvalue weighted by atomic mass is 9.96. The Kier molecular flexibility index (Phi) is 4.13. The summed E-state index contributed by atoms with van der Waals surface area (Å²) in [5.41, 5.74) is 0.809. The molecule has 1 fully saturated rings. The molecule has 0 radical (unpaired) electrons. The van der Waals surface area contributed by atoms with E-state index >= 15 is 0 Å². The van der Waals surface area contributed by atoms with Crippen LogP contribution in [0.15, 0.2) is 22.9 Å². The number of thiazole rings is 1. The van der Waals surface area contributed by atoms with E-state index in [1.54, 1.807) is 22.7 Å². The summed E-state index contributed by atoms with van der Waals surface area (Å²) in [4.78, 5) is 18.4. The Hall–Kier alpha value is -1.20. The summed E-state index contributed by atoms with van der Waals surface area (Å²) in [5.74, 6) is 0.0238. The lowest BCUT2D eigenvalue weighted by Gasteiger charge is -2.29. The van der Waals surface area contributed by atoms with Gasteiger partial charge in [0.15, 0.2) is 0 Å². The third-order valence-electron chi connectivity index (χ3n) is 4.21. The van der Waals surface area contributed by atoms with E-state index in [0.29, 0.717) is 0 Å². The number of amides is 1. The van der Waals surface area contributed by atoms with Crippen molar-refractivity contribution in [1.82, 2.24) is 10.3 Å². The van der Waals surface area contributed by atoms with Crippen molar-refractivity contribution in [3.8, 4) is 0 Å². The second kappa shape index (κ2) is 5.89. The summed E-state index contributed by atoms with van der Waals surface area (Å²) >= 11 is 3.32. The SMILES string of the molecule is Cc1csc(C2(NC(=O)[C@@H](C)c3cccs3)CCCC2)n1. The number of hydrogen-bond acceptors (Lipinski definition) is 4. The molecule has 0 unspecified atom stereocenters. The second-order valence-corrected chi connectivity index (χ2v) is 7.65. The van der Waals surface area contributed by atoms with E-state index in [1.165, 1.54) is 0 Å². The quantitative estimate of drug-likeness (QED) is 0.917. The minimum Gasteiger partial charge on any atom is -0.344 e. The van der Waals surface area contributed by atoms with Crippen LogP contribution in [0.4, 0.5) is 0 Å². The zero-order valence-corrected chi connectivity index (χ0v) is 14.0. The highest BCUT2D eigenvalue weighted by molar-refractivity contribution is 7.10. The Morgan fingerprint density at radius 1 is 1.38 bits per heavy atom. The summed E-state index contributed by atoms with van der Waals surface area (Å²) in [6.07, 6.45) is 4.32. The van der Waals surface area contributed by atoms with Crippen LogP contribution < -0.4 is 5.32 Å². The predicted molar refractivity (Wildman–Crippen MR) is 87.9 cm³/mol. The van der Waals surface area contributed by atoms with Crippen LogP contribution in [0.5, 0.6) is 0 Å². The zero-order valence-electron chi connectivity index (χ0n) is 12.4. The van der Waals surface area contributed by atoms with Gasteiger partial charge in [-0.3, -0.25) is 4.79 Å². The molecule has 5 heteroatoms. The number of nitrogens with one attached hydrogen (secondary N) is 1. The van der Waals surface area contributed by atoms with Crippen molar-refractivity contribution in [2.24, 2.45) is 0 Å². The molecule has 1 amide bonds. The first kappa shape index (κ1) is 14.7. The molecular formula is C16H20N2OS2. The molecule has 1 aliphatic carbocycles. The van der Waals surface area contributed by atoms with Crippen molar-refractivity contribution >= 4 is 28.6 Å². The first-order chi connectivity index (χ1) is 10.1. The lowest BCUT2D eigenvalue weighted by molar-refractivity contribution is -0.124. The Morgan fingerprint density at radius 3 is 2.71 bits per heavy atom. The minimum absolute atomic E-state index is 0.0939. The molecule has 0 spiro atoms. The summed E-state index contributed by atoms with van der Waals surface area (Å²) in [7, 11) is 0. The van der Waals surface area contributed by atoms with Gasteiger partial charge in [-0.1, -0.05) is 18.9 Å². The fourth-order valence-electron chi connectivity index (χ4n) is 2.96. The standard InChI is InChI=1S/C16H20N2OS2/c1-11-10-21-15(17-11)16(7-3-4-8-16)18-14(19)12(2)13-6-5-9-20-13/h5-6,9-10,12H,3-4,7-8H2,1-2H3,(H,18,19)/t12-/m0/s1. The van der Waals surface area contributed by atoms with Gasteiger partial charge in [0.1, 0.15) is 5.01 Å². The Morgan fingerprint density at radius 2 is 2.14 bits per heavy atom. The average molecular weight is 320 g/mol. The summed E-state index contributed by atoms with van der Waals surface area (Å²) in [6, 6.07) is 4.03. The van der Waals surface area contributed by atoms with Crippen molar-refractivity contribution in [1.29, 1.82) is 0 Å². The molecule has 1 saturated carbocycles. The van der Waals surface area contributed by atoms with E-state index in [-0.39, 0.29) is 17.4 Å². The smallest absolute Gasteiger partial charge is 0.228 e. The van der Waals surface area contributed by atoms with Gasteiger partial charge in [-0.05, 0) is 38.1 Å². The van der Waals surface area contributed by atoms with Crippen LogP contribution in [-0.4, -0.2) is 10.9 Å². The van der Waals surface area contributed by atoms with Crippen LogP contribution in [-0.2, 0) is 10.3 Å². The number of hydrogen-bond donors (Lipinski definition) is 1. The molecule has 21 heavy (non-hydrogen) atoms. The van der Waals surface area contributed by atoms with Crippen molar-refractivity contribution in [3.05, 3.63) is 38.5 Å². The van der Waals surface area contributed by atoms with Gasteiger partial charge >= 0.3 is 0 Å². The normalized spacial score (nSPS) is 18.6. The number of carbonyl (C=O) groups is 1. The monoisotopic (exact) mass is 320 g/mol. The van der Waals surface area contributed by atoms with Crippen molar-refractivity contribution in [2.45, 2.75) is 51.0 Å². The fourth-order valence-corrected chi connectivity index (χ4v) is 4.75. The van der Waals surface area contributed by atoms with E-state index < -0.39 is 0 Å². The highest BCUT2D eigenvalue weighted by atomic mass is 32.1. The maximum absolute atomic E-state index is 12.7. The van der Waals surface area contributed by atoms with Crippen LogP contribution in [0.25, 0.3) is 0 Å². The van der Waals surface area contributed by atoms with E-state index in [1.807, 2.05) is 31.4 Å². The zero-order chi connectivity index (χ0) is 14.9. The third-order valence-corrected chi connectivity index (χ3v) is 6.43. The first-order valence-electron chi connectivity index (χ1n) is 7.39. The molecule has 2 aromatic rings. The number of rotatable bonds is 4. The number of thiophene rings is 1. The maximum atomic E-state index is 12.7. The molecule has 3 rings (SSSR count). The minimum atomic E-state index is -0.235. The molecule has 2 heterocycles. The van der Waals surface area contributed by atoms with Crippen LogP contribution in [0.3, 0.4) is 0 Å². The topological polar surface area (TPSA) is 42.0 Å². The van der Waals surface area contributed by atoms with E-state index in [2.05, 4.69) is 15.7 Å². The van der Waals surface area contributed by atoms with Gasteiger partial charge < -0.3 is 5.32 Å². The van der Waals surface area contributed by atoms with Gasteiger partial charge in [0, 0.05) is 16.0 Å². The molecule has 112 valence electrons. The molecule has 1 aliphatic rings. The van der Waals surface area contributed by atoms with E-state index in [0.717, 1.165) is 41.3 Å². The van der Waals surface area contributed by atoms with Crippen LogP contribution in [0.1, 0.15) is 54.1 Å². The average Bonchev–Trinajstić information content (AvgIpc) is 3.18. The molecule has 1 atom stereocenters. The molecule has 3 nitrogen and oxygen atoms in total. The highest BCUT2D eigenvalue weighted by Crippen LogP contribution is 2.40. The van der Waals surface area contributed by atoms with Crippen molar-refractivity contribution in [3.63, 3.8) is 0 Å². The van der Waals surface area contributed by atoms with Crippen LogP contribution >= 0.6 is 22.7 Å². The maximum Gasteiger partial charge on any atom is 0.228 e.